The highest BCUT2D eigenvalue weighted by Crippen LogP contribution is 2.27. The minimum absolute atomic E-state index is 0.0710. The van der Waals surface area contributed by atoms with Crippen molar-refractivity contribution in [2.24, 2.45) is 0 Å². The molecule has 2 aliphatic heterocycles. The van der Waals surface area contributed by atoms with E-state index in [4.69, 9.17) is 28.4 Å². The number of aliphatic hydroxyl groups excluding tert-OH is 7. The third-order valence-electron chi connectivity index (χ3n) is 14.9. The molecule has 0 spiro atoms. The quantitative estimate of drug-likeness (QED) is 0.0223. The van der Waals surface area contributed by atoms with Crippen molar-refractivity contribution in [3.8, 4) is 0 Å². The van der Waals surface area contributed by atoms with Gasteiger partial charge in [-0.25, -0.2) is 0 Å². The van der Waals surface area contributed by atoms with Crippen LogP contribution in [-0.4, -0.2) is 142 Å². The lowest BCUT2D eigenvalue weighted by Crippen LogP contribution is -2.61. The van der Waals surface area contributed by atoms with Crippen LogP contribution >= 0.6 is 0 Å². The summed E-state index contributed by atoms with van der Waals surface area (Å²) >= 11 is 0. The van der Waals surface area contributed by atoms with E-state index in [2.05, 4.69) is 13.8 Å². The molecule has 2 fully saturated rings. The summed E-state index contributed by atoms with van der Waals surface area (Å²) in [7, 11) is 0. The normalized spacial score (nSPS) is 25.0. The van der Waals surface area contributed by atoms with Crippen LogP contribution in [0.25, 0.3) is 0 Å². The number of unbranched alkanes of at least 4 members (excludes halogenated alkanes) is 36. The van der Waals surface area contributed by atoms with Gasteiger partial charge in [-0.1, -0.05) is 245 Å². The Kier molecular flexibility index (Phi) is 43.0. The molecule has 2 saturated heterocycles. The molecule has 11 atom stereocenters. The van der Waals surface area contributed by atoms with Gasteiger partial charge in [0.25, 0.3) is 0 Å². The molecule has 0 amide bonds. The molecular weight excluding hydrogens is 921 g/mol. The van der Waals surface area contributed by atoms with E-state index in [-0.39, 0.29) is 25.6 Å². The molecule has 11 unspecified atom stereocenters. The lowest BCUT2D eigenvalue weighted by Gasteiger charge is -2.42. The summed E-state index contributed by atoms with van der Waals surface area (Å²) in [6, 6.07) is 0. The lowest BCUT2D eigenvalue weighted by molar-refractivity contribution is -0.332. The van der Waals surface area contributed by atoms with E-state index in [1.807, 2.05) is 0 Å². The zero-order valence-corrected chi connectivity index (χ0v) is 46.0. The van der Waals surface area contributed by atoms with Gasteiger partial charge in [0, 0.05) is 13.0 Å². The van der Waals surface area contributed by atoms with Gasteiger partial charge in [0.1, 0.15) is 54.9 Å². The number of aliphatic hydroxyl groups is 7. The maximum atomic E-state index is 13.1. The fourth-order valence-corrected chi connectivity index (χ4v) is 9.99. The van der Waals surface area contributed by atoms with Crippen LogP contribution in [0.5, 0.6) is 0 Å². The fraction of sp³-hybridized carbons (Fsp3) is 0.983. The first kappa shape index (κ1) is 67.1. The van der Waals surface area contributed by atoms with E-state index >= 15 is 0 Å². The van der Waals surface area contributed by atoms with Gasteiger partial charge < -0.3 is 64.2 Å². The molecule has 0 aromatic heterocycles. The number of carbonyl (C=O) groups excluding carboxylic acids is 1. The van der Waals surface area contributed by atoms with Gasteiger partial charge in [0.05, 0.1) is 26.4 Å². The second-order valence-corrected chi connectivity index (χ2v) is 21.5. The Morgan fingerprint density at radius 2 is 0.736 bits per heavy atom. The molecule has 0 bridgehead atoms. The zero-order chi connectivity index (χ0) is 52.3. The van der Waals surface area contributed by atoms with Crippen molar-refractivity contribution < 1.29 is 69.0 Å². The van der Waals surface area contributed by atoms with Crippen molar-refractivity contribution in [3.63, 3.8) is 0 Å². The second-order valence-electron chi connectivity index (χ2n) is 21.5. The number of esters is 1. The molecule has 428 valence electrons. The summed E-state index contributed by atoms with van der Waals surface area (Å²) in [4.78, 5) is 13.1. The van der Waals surface area contributed by atoms with Crippen LogP contribution in [-0.2, 0) is 33.2 Å². The molecule has 0 saturated carbocycles. The summed E-state index contributed by atoms with van der Waals surface area (Å²) < 4.78 is 34.4. The monoisotopic (exact) mass is 1030 g/mol. The topological polar surface area (TPSA) is 214 Å². The number of hydrogen-bond acceptors (Lipinski definition) is 14. The Bertz CT molecular complexity index is 1200. The Morgan fingerprint density at radius 3 is 1.12 bits per heavy atom. The van der Waals surface area contributed by atoms with Crippen molar-refractivity contribution in [3.05, 3.63) is 0 Å². The number of ether oxygens (including phenoxy) is 6. The smallest absolute Gasteiger partial charge is 0.306 e. The highest BCUT2D eigenvalue weighted by atomic mass is 16.7. The van der Waals surface area contributed by atoms with Crippen LogP contribution in [0.15, 0.2) is 0 Å². The molecule has 2 rings (SSSR count). The van der Waals surface area contributed by atoms with Crippen LogP contribution in [0, 0.1) is 0 Å². The fourth-order valence-electron chi connectivity index (χ4n) is 9.99. The predicted molar refractivity (Wildman–Crippen MR) is 284 cm³/mol. The second kappa shape index (κ2) is 46.1. The molecule has 14 heteroatoms. The number of hydrogen-bond donors (Lipinski definition) is 7. The summed E-state index contributed by atoms with van der Waals surface area (Å²) in [6.07, 6.45) is 33.1. The predicted octanol–water partition coefficient (Wildman–Crippen LogP) is 10.8. The zero-order valence-electron chi connectivity index (χ0n) is 46.0. The average molecular weight is 1030 g/mol. The van der Waals surface area contributed by atoms with Crippen LogP contribution in [0.2, 0.25) is 0 Å². The first-order chi connectivity index (χ1) is 35.1. The molecule has 2 heterocycles. The SMILES string of the molecule is CCCCCCCCCCCCCCCCCCCCCCCCOCC(COC1OC(COC2OC(CO)C(O)C(O)C2O)C(O)C(O)C1O)OC(=O)CCCCCCCCCCCCCCCCCC. The molecule has 14 nitrogen and oxygen atoms in total. The minimum Gasteiger partial charge on any atom is -0.457 e. The van der Waals surface area contributed by atoms with E-state index in [1.54, 1.807) is 0 Å². The maximum Gasteiger partial charge on any atom is 0.306 e. The van der Waals surface area contributed by atoms with Crippen LogP contribution < -0.4 is 0 Å². The molecule has 0 aliphatic carbocycles. The van der Waals surface area contributed by atoms with Gasteiger partial charge in [-0.2, -0.15) is 0 Å². The summed E-state index contributed by atoms with van der Waals surface area (Å²) in [5.74, 6) is -0.367. The highest BCUT2D eigenvalue weighted by molar-refractivity contribution is 5.69. The third kappa shape index (κ3) is 32.5. The molecule has 0 aromatic rings. The van der Waals surface area contributed by atoms with Crippen molar-refractivity contribution >= 4 is 5.97 Å². The van der Waals surface area contributed by atoms with Crippen molar-refractivity contribution in [1.82, 2.24) is 0 Å². The first-order valence-corrected chi connectivity index (χ1v) is 30.1. The summed E-state index contributed by atoms with van der Waals surface area (Å²) in [5, 5.41) is 72.3. The van der Waals surface area contributed by atoms with Gasteiger partial charge >= 0.3 is 5.97 Å². The Morgan fingerprint density at radius 1 is 0.403 bits per heavy atom. The van der Waals surface area contributed by atoms with Gasteiger partial charge in [-0.15, -0.1) is 0 Å². The Balaban J connectivity index is 1.68. The Hall–Kier alpha value is -1.01. The highest BCUT2D eigenvalue weighted by Gasteiger charge is 2.47. The minimum atomic E-state index is -1.70. The van der Waals surface area contributed by atoms with Crippen molar-refractivity contribution in [1.29, 1.82) is 0 Å². The average Bonchev–Trinajstić information content (AvgIpc) is 3.38. The molecule has 0 radical (unpaired) electrons. The Labute approximate surface area is 438 Å². The van der Waals surface area contributed by atoms with Gasteiger partial charge in [0.15, 0.2) is 12.6 Å². The largest absolute Gasteiger partial charge is 0.457 e. The van der Waals surface area contributed by atoms with E-state index in [0.29, 0.717) is 6.61 Å². The lowest BCUT2D eigenvalue weighted by atomic mass is 9.98. The van der Waals surface area contributed by atoms with Gasteiger partial charge in [0.2, 0.25) is 0 Å². The standard InChI is InChI=1S/C58H112O14/c1-3-5-7-9-11-13-15-17-19-21-22-23-24-25-26-28-30-32-34-36-38-40-42-67-44-47(70-50(60)41-39-37-35-33-31-29-27-20-18-16-14-12-10-8-6-4-2)45-68-57-56(66)54(64)52(62)49(72-57)46-69-58-55(65)53(63)51(61)48(43-59)71-58/h47-49,51-59,61-66H,3-46H2,1-2H3. The molecule has 72 heavy (non-hydrogen) atoms. The maximum absolute atomic E-state index is 13.1. The molecule has 2 aliphatic rings. The molecule has 7 N–H and O–H groups in total. The van der Waals surface area contributed by atoms with E-state index in [1.165, 1.54) is 199 Å². The molecule has 0 aromatic carbocycles. The van der Waals surface area contributed by atoms with Gasteiger partial charge in [-0.05, 0) is 12.8 Å². The van der Waals surface area contributed by atoms with Crippen LogP contribution in [0.4, 0.5) is 0 Å². The summed E-state index contributed by atoms with van der Waals surface area (Å²) in [6.45, 7) is 3.77. The van der Waals surface area contributed by atoms with Crippen molar-refractivity contribution in [2.45, 2.75) is 332 Å². The van der Waals surface area contributed by atoms with Crippen molar-refractivity contribution in [2.75, 3.05) is 33.0 Å². The van der Waals surface area contributed by atoms with Crippen LogP contribution in [0.3, 0.4) is 0 Å². The van der Waals surface area contributed by atoms with E-state index in [9.17, 15) is 40.5 Å². The number of rotatable bonds is 50. The number of carbonyl (C=O) groups is 1. The van der Waals surface area contributed by atoms with E-state index in [0.717, 1.165) is 44.9 Å². The molecular formula is C58H112O14. The van der Waals surface area contributed by atoms with Gasteiger partial charge in [-0.3, -0.25) is 4.79 Å². The third-order valence-corrected chi connectivity index (χ3v) is 14.9. The van der Waals surface area contributed by atoms with Crippen LogP contribution in [0.1, 0.15) is 264 Å². The van der Waals surface area contributed by atoms with E-state index < -0.39 is 80.7 Å². The first-order valence-electron chi connectivity index (χ1n) is 30.1. The summed E-state index contributed by atoms with van der Waals surface area (Å²) in [5.41, 5.74) is 0.